The first-order valence-corrected chi connectivity index (χ1v) is 5.20. The van der Waals surface area contributed by atoms with Gasteiger partial charge in [0.25, 0.3) is 0 Å². The lowest BCUT2D eigenvalue weighted by molar-refractivity contribution is -0.143. The Morgan fingerprint density at radius 2 is 1.73 bits per heavy atom. The van der Waals surface area contributed by atoms with Crippen molar-refractivity contribution in [2.75, 3.05) is 0 Å². The Kier molecular flexibility index (Phi) is 4.78. The molecule has 4 heteroatoms. The number of carbonyl (C=O) groups is 2. The highest BCUT2D eigenvalue weighted by molar-refractivity contribution is 5.86. The topological polar surface area (TPSA) is 66.4 Å². The van der Waals surface area contributed by atoms with Crippen LogP contribution in [0, 0.1) is 11.3 Å². The molecule has 0 aromatic rings. The largest absolute Gasteiger partial charge is 0.480 e. The van der Waals surface area contributed by atoms with Crippen LogP contribution in [0.2, 0.25) is 0 Å². The summed E-state index contributed by atoms with van der Waals surface area (Å²) in [7, 11) is 0. The van der Waals surface area contributed by atoms with E-state index < -0.39 is 17.4 Å². The van der Waals surface area contributed by atoms with E-state index in [2.05, 4.69) is 5.32 Å². The van der Waals surface area contributed by atoms with Crippen molar-refractivity contribution in [3.8, 4) is 0 Å². The Morgan fingerprint density at radius 1 is 1.27 bits per heavy atom. The van der Waals surface area contributed by atoms with E-state index >= 15 is 0 Å². The molecular weight excluding hydrogens is 194 g/mol. The van der Waals surface area contributed by atoms with Gasteiger partial charge in [-0.25, -0.2) is 0 Å². The molecule has 1 atom stereocenters. The maximum absolute atomic E-state index is 11.7. The van der Waals surface area contributed by atoms with Crippen molar-refractivity contribution in [1.29, 1.82) is 0 Å². The Hall–Kier alpha value is -1.06. The van der Waals surface area contributed by atoms with Crippen molar-refractivity contribution < 1.29 is 14.7 Å². The lowest BCUT2D eigenvalue weighted by Gasteiger charge is -2.26. The van der Waals surface area contributed by atoms with Gasteiger partial charge in [-0.2, -0.15) is 0 Å². The summed E-state index contributed by atoms with van der Waals surface area (Å²) in [4.78, 5) is 22.3. The minimum Gasteiger partial charge on any atom is -0.480 e. The number of aliphatic carboxylic acids is 1. The molecule has 2 N–H and O–H groups in total. The highest BCUT2D eigenvalue weighted by Crippen LogP contribution is 2.25. The number of rotatable bonds is 5. The lowest BCUT2D eigenvalue weighted by Crippen LogP contribution is -2.45. The standard InChI is InChI=1S/C11H21NO3/c1-7(2)6-11(4,5)10(15)12-8(3)9(13)14/h7-8H,6H2,1-5H3,(H,12,15)(H,13,14). The minimum absolute atomic E-state index is 0.203. The number of hydrogen-bond donors (Lipinski definition) is 2. The van der Waals surface area contributed by atoms with Crippen molar-refractivity contribution >= 4 is 11.9 Å². The third-order valence-electron chi connectivity index (χ3n) is 2.25. The molecule has 0 aliphatic heterocycles. The van der Waals surface area contributed by atoms with E-state index in [-0.39, 0.29) is 5.91 Å². The second-order valence-electron chi connectivity index (χ2n) is 5.02. The Morgan fingerprint density at radius 3 is 2.07 bits per heavy atom. The summed E-state index contributed by atoms with van der Waals surface area (Å²) in [6.45, 7) is 9.20. The third-order valence-corrected chi connectivity index (χ3v) is 2.25. The lowest BCUT2D eigenvalue weighted by atomic mass is 9.83. The summed E-state index contributed by atoms with van der Waals surface area (Å²) < 4.78 is 0. The van der Waals surface area contributed by atoms with Crippen molar-refractivity contribution in [3.05, 3.63) is 0 Å². The first-order chi connectivity index (χ1) is 6.66. The van der Waals surface area contributed by atoms with Crippen molar-refractivity contribution in [3.63, 3.8) is 0 Å². The molecule has 0 aliphatic carbocycles. The summed E-state index contributed by atoms with van der Waals surface area (Å²) in [5.74, 6) is -0.805. The second kappa shape index (κ2) is 5.14. The Balaban J connectivity index is 4.37. The van der Waals surface area contributed by atoms with Gasteiger partial charge in [0, 0.05) is 5.41 Å². The number of carboxylic acid groups (broad SMARTS) is 1. The van der Waals surface area contributed by atoms with Crippen LogP contribution in [0.4, 0.5) is 0 Å². The first-order valence-electron chi connectivity index (χ1n) is 5.20. The molecule has 15 heavy (non-hydrogen) atoms. The summed E-state index contributed by atoms with van der Waals surface area (Å²) >= 11 is 0. The summed E-state index contributed by atoms with van der Waals surface area (Å²) in [5, 5.41) is 11.2. The molecule has 1 unspecified atom stereocenters. The van der Waals surface area contributed by atoms with E-state index in [1.807, 2.05) is 27.7 Å². The molecule has 0 aromatic carbocycles. The normalized spacial score (nSPS) is 13.7. The van der Waals surface area contributed by atoms with Crippen molar-refractivity contribution in [1.82, 2.24) is 5.32 Å². The predicted octanol–water partition coefficient (Wildman–Crippen LogP) is 1.65. The number of hydrogen-bond acceptors (Lipinski definition) is 2. The van der Waals surface area contributed by atoms with Gasteiger partial charge in [0.2, 0.25) is 5.91 Å². The maximum Gasteiger partial charge on any atom is 0.325 e. The molecule has 0 rings (SSSR count). The monoisotopic (exact) mass is 215 g/mol. The maximum atomic E-state index is 11.7. The molecule has 0 saturated heterocycles. The predicted molar refractivity (Wildman–Crippen MR) is 58.5 cm³/mol. The molecule has 0 heterocycles. The summed E-state index contributed by atoms with van der Waals surface area (Å²) in [6, 6.07) is -0.830. The molecule has 88 valence electrons. The molecule has 0 aliphatic rings. The van der Waals surface area contributed by atoms with Crippen LogP contribution >= 0.6 is 0 Å². The fourth-order valence-electron chi connectivity index (χ4n) is 1.57. The van der Waals surface area contributed by atoms with Crippen LogP contribution in [0.25, 0.3) is 0 Å². The fourth-order valence-corrected chi connectivity index (χ4v) is 1.57. The number of carboxylic acids is 1. The zero-order valence-electron chi connectivity index (χ0n) is 10.1. The van der Waals surface area contributed by atoms with Crippen LogP contribution in [0.5, 0.6) is 0 Å². The quantitative estimate of drug-likeness (QED) is 0.732. The van der Waals surface area contributed by atoms with Crippen LogP contribution in [0.1, 0.15) is 41.0 Å². The van der Waals surface area contributed by atoms with Crippen LogP contribution in [-0.2, 0) is 9.59 Å². The highest BCUT2D eigenvalue weighted by Gasteiger charge is 2.30. The van der Waals surface area contributed by atoms with Gasteiger partial charge < -0.3 is 10.4 Å². The van der Waals surface area contributed by atoms with Gasteiger partial charge in [0.05, 0.1) is 0 Å². The number of amides is 1. The van der Waals surface area contributed by atoms with Gasteiger partial charge in [-0.15, -0.1) is 0 Å². The number of carbonyl (C=O) groups excluding carboxylic acids is 1. The molecular formula is C11H21NO3. The van der Waals surface area contributed by atoms with E-state index in [0.717, 1.165) is 6.42 Å². The van der Waals surface area contributed by atoms with Gasteiger partial charge in [-0.3, -0.25) is 9.59 Å². The van der Waals surface area contributed by atoms with Crippen LogP contribution in [0.15, 0.2) is 0 Å². The van der Waals surface area contributed by atoms with Crippen molar-refractivity contribution in [2.24, 2.45) is 11.3 Å². The minimum atomic E-state index is -1.01. The SMILES string of the molecule is CC(C)CC(C)(C)C(=O)NC(C)C(=O)O. The summed E-state index contributed by atoms with van der Waals surface area (Å²) in [5.41, 5.74) is -0.516. The Labute approximate surface area is 91.1 Å². The van der Waals surface area contributed by atoms with Crippen LogP contribution in [-0.4, -0.2) is 23.0 Å². The van der Waals surface area contributed by atoms with E-state index in [1.165, 1.54) is 6.92 Å². The van der Waals surface area contributed by atoms with Crippen LogP contribution in [0.3, 0.4) is 0 Å². The van der Waals surface area contributed by atoms with E-state index in [4.69, 9.17) is 5.11 Å². The Bertz CT molecular complexity index is 246. The van der Waals surface area contributed by atoms with Crippen LogP contribution < -0.4 is 5.32 Å². The fraction of sp³-hybridized carbons (Fsp3) is 0.818. The third kappa shape index (κ3) is 4.81. The second-order valence-corrected chi connectivity index (χ2v) is 5.02. The van der Waals surface area contributed by atoms with Gasteiger partial charge in [0.15, 0.2) is 0 Å². The zero-order valence-corrected chi connectivity index (χ0v) is 10.1. The average molecular weight is 215 g/mol. The smallest absolute Gasteiger partial charge is 0.325 e. The molecule has 0 radical (unpaired) electrons. The molecule has 0 bridgehead atoms. The highest BCUT2D eigenvalue weighted by atomic mass is 16.4. The van der Waals surface area contributed by atoms with E-state index in [0.29, 0.717) is 5.92 Å². The van der Waals surface area contributed by atoms with Gasteiger partial charge in [-0.1, -0.05) is 27.7 Å². The molecule has 1 amide bonds. The van der Waals surface area contributed by atoms with E-state index in [9.17, 15) is 9.59 Å². The summed E-state index contributed by atoms with van der Waals surface area (Å²) in [6.07, 6.45) is 0.741. The molecule has 0 saturated carbocycles. The van der Waals surface area contributed by atoms with Gasteiger partial charge in [0.1, 0.15) is 6.04 Å². The zero-order chi connectivity index (χ0) is 12.2. The molecule has 0 fully saturated rings. The van der Waals surface area contributed by atoms with Gasteiger partial charge in [-0.05, 0) is 19.3 Å². The van der Waals surface area contributed by atoms with Gasteiger partial charge >= 0.3 is 5.97 Å². The average Bonchev–Trinajstić information content (AvgIpc) is 2.01. The molecule has 0 aromatic heterocycles. The first kappa shape index (κ1) is 13.9. The number of nitrogens with one attached hydrogen (secondary N) is 1. The molecule has 0 spiro atoms. The van der Waals surface area contributed by atoms with E-state index in [1.54, 1.807) is 0 Å². The molecule has 4 nitrogen and oxygen atoms in total. The van der Waals surface area contributed by atoms with Crippen molar-refractivity contribution in [2.45, 2.75) is 47.1 Å².